The summed E-state index contributed by atoms with van der Waals surface area (Å²) in [5, 5.41) is 0. The molecule has 11 heteroatoms. The molecule has 0 heterocycles. The number of carbonyl (C=O) groups excluding carboxylic acids is 2. The molecule has 416 valence electrons. The lowest BCUT2D eigenvalue weighted by Gasteiger charge is -2.39. The second kappa shape index (κ2) is 28.4. The molecule has 0 aromatic heterocycles. The average Bonchev–Trinajstić information content (AvgIpc) is 3.43. The molecule has 10 fully saturated rings. The van der Waals surface area contributed by atoms with E-state index in [1.165, 1.54) is 57.8 Å². The van der Waals surface area contributed by atoms with Gasteiger partial charge in [-0.2, -0.15) is 0 Å². The molecule has 10 rings (SSSR count). The van der Waals surface area contributed by atoms with Crippen molar-refractivity contribution in [3.63, 3.8) is 0 Å². The van der Waals surface area contributed by atoms with Gasteiger partial charge >= 0.3 is 0 Å². The van der Waals surface area contributed by atoms with Crippen molar-refractivity contribution in [1.82, 2.24) is 0 Å². The molecule has 0 radical (unpaired) electrons. The first-order chi connectivity index (χ1) is 35.7. The summed E-state index contributed by atoms with van der Waals surface area (Å²) in [6, 6.07) is 0. The van der Waals surface area contributed by atoms with E-state index in [0.717, 1.165) is 199 Å². The number of Topliss-reactive ketones (excluding diaryl/α,β-unsaturated/α-hetero) is 2. The molecule has 0 aromatic rings. The van der Waals surface area contributed by atoms with Crippen molar-refractivity contribution in [2.75, 3.05) is 0 Å². The van der Waals surface area contributed by atoms with Crippen molar-refractivity contribution in [1.29, 1.82) is 0 Å². The lowest BCUT2D eigenvalue weighted by molar-refractivity contribution is -0.133. The van der Waals surface area contributed by atoms with E-state index < -0.39 is 0 Å². The smallest absolute Gasteiger partial charge is 0.140 e. The van der Waals surface area contributed by atoms with Crippen molar-refractivity contribution in [3.8, 4) is 0 Å². The lowest BCUT2D eigenvalue weighted by atomic mass is 9.75. The quantitative estimate of drug-likeness (QED) is 0.124. The van der Waals surface area contributed by atoms with E-state index in [1.54, 1.807) is 0 Å². The fourth-order valence-corrected chi connectivity index (χ4v) is 17.5. The topological polar surface area (TPSA) is 98.8 Å². The van der Waals surface area contributed by atoms with Crippen LogP contribution in [0.15, 0.2) is 0 Å². The van der Waals surface area contributed by atoms with Gasteiger partial charge in [-0.3, -0.25) is 9.59 Å². The monoisotopic (exact) mass is 1150 g/mol. The molecule has 0 bridgehead atoms. The molecule has 3 atom stereocenters. The SMILES string of the molecule is O=C(C1CCC(OC2CCC(OC3CCC(OC4CCC(OC5CCC(OC6CCC(OC7CCCCC7)CC6)CC5)CC4)CC3)CC2)CC1)C1CCC(OC2CCC(C(=O)C3CC(Br)CCC3Br)CC2)CC1. The van der Waals surface area contributed by atoms with Crippen LogP contribution in [0.2, 0.25) is 0 Å². The van der Waals surface area contributed by atoms with Gasteiger partial charge in [0, 0.05) is 33.3 Å². The molecular weight excluding hydrogens is 1050 g/mol. The third-order valence-corrected chi connectivity index (χ3v) is 22.6. The van der Waals surface area contributed by atoms with Crippen molar-refractivity contribution in [2.45, 2.75) is 352 Å². The van der Waals surface area contributed by atoms with Crippen LogP contribution in [0, 0.1) is 23.7 Å². The Bertz CT molecular complexity index is 1620. The van der Waals surface area contributed by atoms with Gasteiger partial charge in [-0.05, 0) is 238 Å². The Morgan fingerprint density at radius 1 is 0.247 bits per heavy atom. The minimum absolute atomic E-state index is 0.154. The first kappa shape index (κ1) is 56.3. The van der Waals surface area contributed by atoms with E-state index in [2.05, 4.69) is 31.9 Å². The first-order valence-electron chi connectivity index (χ1n) is 31.6. The van der Waals surface area contributed by atoms with Crippen LogP contribution >= 0.6 is 31.9 Å². The highest BCUT2D eigenvalue weighted by Gasteiger charge is 2.40. The maximum absolute atomic E-state index is 13.7. The van der Waals surface area contributed by atoms with E-state index in [9.17, 15) is 9.59 Å². The zero-order valence-electron chi connectivity index (χ0n) is 45.3. The maximum Gasteiger partial charge on any atom is 0.140 e. The van der Waals surface area contributed by atoms with Gasteiger partial charge in [0.15, 0.2) is 0 Å². The number of rotatable bonds is 18. The van der Waals surface area contributed by atoms with Crippen molar-refractivity contribution in [2.24, 2.45) is 23.7 Å². The Morgan fingerprint density at radius 3 is 0.726 bits per heavy atom. The normalized spacial score (nSPS) is 43.8. The highest BCUT2D eigenvalue weighted by molar-refractivity contribution is 9.10. The fraction of sp³-hybridized carbons (Fsp3) is 0.968. The average molecular weight is 1150 g/mol. The van der Waals surface area contributed by atoms with E-state index in [4.69, 9.17) is 33.2 Å². The van der Waals surface area contributed by atoms with Crippen LogP contribution in [0.3, 0.4) is 0 Å². The van der Waals surface area contributed by atoms with Gasteiger partial charge in [-0.15, -0.1) is 0 Å². The minimum Gasteiger partial charge on any atom is -0.375 e. The van der Waals surface area contributed by atoms with Gasteiger partial charge in [0.05, 0.1) is 85.5 Å². The van der Waals surface area contributed by atoms with E-state index >= 15 is 0 Å². The maximum atomic E-state index is 13.7. The molecule has 0 aliphatic heterocycles. The predicted molar refractivity (Wildman–Crippen MR) is 295 cm³/mol. The van der Waals surface area contributed by atoms with Gasteiger partial charge in [-0.1, -0.05) is 51.1 Å². The van der Waals surface area contributed by atoms with Gasteiger partial charge in [0.2, 0.25) is 0 Å². The Labute approximate surface area is 459 Å². The number of ketones is 2. The first-order valence-corrected chi connectivity index (χ1v) is 33.5. The van der Waals surface area contributed by atoms with Crippen LogP contribution in [0.25, 0.3) is 0 Å². The Balaban J connectivity index is 0.522. The summed E-state index contributed by atoms with van der Waals surface area (Å²) in [7, 11) is 0. The fourth-order valence-electron chi connectivity index (χ4n) is 16.1. The molecule has 10 saturated carbocycles. The van der Waals surface area contributed by atoms with Crippen LogP contribution in [-0.4, -0.2) is 107 Å². The molecule has 73 heavy (non-hydrogen) atoms. The Kier molecular flexibility index (Phi) is 21.9. The second-order valence-electron chi connectivity index (χ2n) is 26.0. The molecule has 10 aliphatic rings. The number of halogens is 2. The number of carbonyl (C=O) groups is 2. The summed E-state index contributed by atoms with van der Waals surface area (Å²) in [5.74, 6) is 1.78. The van der Waals surface area contributed by atoms with Gasteiger partial charge in [-0.25, -0.2) is 0 Å². The van der Waals surface area contributed by atoms with Crippen LogP contribution in [-0.2, 0) is 42.7 Å². The zero-order chi connectivity index (χ0) is 49.9. The summed E-state index contributed by atoms with van der Waals surface area (Å²) >= 11 is 7.60. The minimum atomic E-state index is 0.154. The Morgan fingerprint density at radius 2 is 0.466 bits per heavy atom. The van der Waals surface area contributed by atoms with Crippen LogP contribution < -0.4 is 0 Å². The predicted octanol–water partition coefficient (Wildman–Crippen LogP) is 15.1. The largest absolute Gasteiger partial charge is 0.375 e. The number of hydrogen-bond donors (Lipinski definition) is 0. The summed E-state index contributed by atoms with van der Waals surface area (Å²) in [6.45, 7) is 0. The molecule has 0 N–H and O–H groups in total. The molecule has 10 aliphatic carbocycles. The molecule has 9 nitrogen and oxygen atoms in total. The highest BCUT2D eigenvalue weighted by atomic mass is 79.9. The van der Waals surface area contributed by atoms with Crippen molar-refractivity contribution < 1.29 is 42.7 Å². The third-order valence-electron chi connectivity index (χ3n) is 20.6. The van der Waals surface area contributed by atoms with Crippen LogP contribution in [0.1, 0.15) is 257 Å². The summed E-state index contributed by atoms with van der Waals surface area (Å²) < 4.78 is 46.7. The lowest BCUT2D eigenvalue weighted by Crippen LogP contribution is -2.38. The molecule has 3 unspecified atom stereocenters. The van der Waals surface area contributed by atoms with Crippen LogP contribution in [0.5, 0.6) is 0 Å². The number of ether oxygens (including phenoxy) is 7. The van der Waals surface area contributed by atoms with E-state index in [-0.39, 0.29) is 35.9 Å². The second-order valence-corrected chi connectivity index (χ2v) is 28.4. The number of alkyl halides is 2. The third kappa shape index (κ3) is 16.8. The van der Waals surface area contributed by atoms with Crippen LogP contribution in [0.4, 0.5) is 0 Å². The van der Waals surface area contributed by atoms with E-state index in [0.29, 0.717) is 94.5 Å². The zero-order valence-corrected chi connectivity index (χ0v) is 48.4. The molecule has 0 spiro atoms. The summed E-state index contributed by atoms with van der Waals surface area (Å²) in [6.07, 6.45) is 50.0. The van der Waals surface area contributed by atoms with E-state index in [1.807, 2.05) is 0 Å². The molecule has 0 aromatic carbocycles. The van der Waals surface area contributed by atoms with Gasteiger partial charge in [0.1, 0.15) is 11.6 Å². The summed E-state index contributed by atoms with van der Waals surface area (Å²) in [5.41, 5.74) is 0. The Hall–Kier alpha value is 0.0200. The number of hydrogen-bond acceptors (Lipinski definition) is 9. The van der Waals surface area contributed by atoms with Gasteiger partial charge < -0.3 is 33.2 Å². The van der Waals surface area contributed by atoms with Crippen molar-refractivity contribution >= 4 is 43.4 Å². The van der Waals surface area contributed by atoms with Gasteiger partial charge in [0.25, 0.3) is 0 Å². The summed E-state index contributed by atoms with van der Waals surface area (Å²) in [4.78, 5) is 27.9. The standard InChI is InChI=1S/C62H100Br2O9/c63-44-12-39-60(64)59(40-44)62(66)43-10-17-48(18-11-43)68-46-13-6-41(7-14-46)61(65)42-8-15-47(16-9-42)69-50-23-25-52(26-24-50)71-54-31-33-56(34-32-54)73-58-37-35-57(36-38-58)72-55-29-27-53(28-30-55)70-51-21-19-49(20-22-51)67-45-4-2-1-3-5-45/h41-60H,1-40H2. The molecular formula is C62H100Br2O9. The molecule has 0 amide bonds. The van der Waals surface area contributed by atoms with Crippen molar-refractivity contribution in [3.05, 3.63) is 0 Å². The molecule has 0 saturated heterocycles. The highest BCUT2D eigenvalue weighted by Crippen LogP contribution is 2.42.